The molecule has 182 valence electrons. The van der Waals surface area contributed by atoms with Crippen molar-refractivity contribution in [3.63, 3.8) is 0 Å². The summed E-state index contributed by atoms with van der Waals surface area (Å²) in [4.78, 5) is 37.1. The van der Waals surface area contributed by atoms with Crippen LogP contribution >= 0.6 is 0 Å². The minimum Gasteiger partial charge on any atom is -0.480 e. The van der Waals surface area contributed by atoms with Crippen LogP contribution in [0.2, 0.25) is 0 Å². The third-order valence-electron chi connectivity index (χ3n) is 5.97. The first kappa shape index (κ1) is 24.0. The van der Waals surface area contributed by atoms with E-state index in [9.17, 15) is 24.6 Å². The van der Waals surface area contributed by atoms with Crippen molar-refractivity contribution >= 4 is 18.0 Å². The number of hydrogen-bond acceptors (Lipinski definition) is 6. The largest absolute Gasteiger partial charge is 0.480 e. The number of alkyl carbamates (subject to hydrolysis) is 1. The van der Waals surface area contributed by atoms with Crippen molar-refractivity contribution in [1.82, 2.24) is 20.4 Å². The highest BCUT2D eigenvalue weighted by Gasteiger charge is 2.33. The van der Waals surface area contributed by atoms with Crippen LogP contribution in [0.25, 0.3) is 11.1 Å². The molecule has 1 aromatic heterocycles. The highest BCUT2D eigenvalue weighted by Crippen LogP contribution is 2.44. The number of aliphatic carboxylic acids is 1. The number of nitrogens with one attached hydrogen (secondary N) is 2. The van der Waals surface area contributed by atoms with Crippen molar-refractivity contribution in [3.8, 4) is 11.1 Å². The van der Waals surface area contributed by atoms with Crippen LogP contribution in [-0.4, -0.2) is 56.7 Å². The Morgan fingerprint density at radius 1 is 1.06 bits per heavy atom. The van der Waals surface area contributed by atoms with E-state index in [4.69, 9.17) is 4.74 Å². The number of rotatable bonds is 8. The van der Waals surface area contributed by atoms with Crippen molar-refractivity contribution < 1.29 is 29.3 Å². The lowest BCUT2D eigenvalue weighted by Gasteiger charge is -2.22. The van der Waals surface area contributed by atoms with Gasteiger partial charge in [-0.25, -0.2) is 9.59 Å². The number of fused-ring (bicyclic) bond motifs is 3. The van der Waals surface area contributed by atoms with E-state index in [0.717, 1.165) is 22.3 Å². The van der Waals surface area contributed by atoms with Crippen LogP contribution in [-0.2, 0) is 21.4 Å². The summed E-state index contributed by atoms with van der Waals surface area (Å²) in [5.41, 5.74) is 4.59. The average Bonchev–Trinajstić information content (AvgIpc) is 3.40. The summed E-state index contributed by atoms with van der Waals surface area (Å²) in [5.74, 6) is -2.38. The van der Waals surface area contributed by atoms with Crippen LogP contribution in [0.3, 0.4) is 0 Å². The molecular weight excluding hydrogens is 452 g/mol. The van der Waals surface area contributed by atoms with Gasteiger partial charge in [0.05, 0.1) is 12.3 Å². The first-order valence-corrected chi connectivity index (χ1v) is 11.1. The number of aryl methyl sites for hydroxylation is 1. The van der Waals surface area contributed by atoms with Crippen LogP contribution in [0.1, 0.15) is 35.6 Å². The van der Waals surface area contributed by atoms with Gasteiger partial charge in [0.25, 0.3) is 0 Å². The molecule has 4 rings (SSSR count). The maximum absolute atomic E-state index is 12.9. The maximum Gasteiger partial charge on any atom is 0.408 e. The number of nitrogens with zero attached hydrogens (tertiary/aromatic N) is 2. The van der Waals surface area contributed by atoms with E-state index in [0.29, 0.717) is 5.56 Å². The van der Waals surface area contributed by atoms with Crippen LogP contribution in [0, 0.1) is 0 Å². The number of ether oxygens (including phenoxy) is 1. The molecule has 10 heteroatoms. The standard InChI is InChI=1S/C25H26N4O6/c1-14(30)21(24(32)33)27-23(31)22(15-11-26-29(2)12-15)28-25(34)35-13-20-18-9-5-3-7-16(18)17-8-4-6-10-19(17)20/h3-12,14,20-22,30H,13H2,1-2H3,(H,27,31)(H,28,34)(H,32,33)/t14-,21+,22?/m1/s1. The fraction of sp³-hybridized carbons (Fsp3) is 0.280. The van der Waals surface area contributed by atoms with Crippen molar-refractivity contribution in [2.45, 2.75) is 31.0 Å². The number of carboxylic acid groups (broad SMARTS) is 1. The van der Waals surface area contributed by atoms with E-state index in [1.54, 1.807) is 7.05 Å². The van der Waals surface area contributed by atoms with E-state index in [1.165, 1.54) is 24.0 Å². The number of aliphatic hydroxyl groups excluding tert-OH is 1. The van der Waals surface area contributed by atoms with Crippen LogP contribution in [0.15, 0.2) is 60.9 Å². The summed E-state index contributed by atoms with van der Waals surface area (Å²) < 4.78 is 6.97. The molecule has 2 aromatic carbocycles. The topological polar surface area (TPSA) is 143 Å². The molecular formula is C25H26N4O6. The van der Waals surface area contributed by atoms with E-state index in [-0.39, 0.29) is 12.5 Å². The van der Waals surface area contributed by atoms with E-state index >= 15 is 0 Å². The molecule has 10 nitrogen and oxygen atoms in total. The third-order valence-corrected chi connectivity index (χ3v) is 5.97. The van der Waals surface area contributed by atoms with Gasteiger partial charge in [0, 0.05) is 24.7 Å². The second kappa shape index (κ2) is 9.98. The minimum absolute atomic E-state index is 0.0483. The number of carbonyl (C=O) groups excluding carboxylic acids is 2. The Labute approximate surface area is 201 Å². The molecule has 0 saturated carbocycles. The van der Waals surface area contributed by atoms with E-state index < -0.39 is 36.2 Å². The quantitative estimate of drug-likeness (QED) is 0.388. The van der Waals surface area contributed by atoms with Crippen LogP contribution in [0.5, 0.6) is 0 Å². The summed E-state index contributed by atoms with van der Waals surface area (Å²) in [6.07, 6.45) is 0.707. The molecule has 0 aliphatic heterocycles. The van der Waals surface area contributed by atoms with Gasteiger partial charge >= 0.3 is 12.1 Å². The third kappa shape index (κ3) is 5.02. The molecule has 1 heterocycles. The molecule has 1 aliphatic rings. The maximum atomic E-state index is 12.9. The molecule has 1 unspecified atom stereocenters. The second-order valence-corrected chi connectivity index (χ2v) is 8.42. The van der Waals surface area contributed by atoms with E-state index in [1.807, 2.05) is 48.5 Å². The zero-order valence-corrected chi connectivity index (χ0v) is 19.2. The molecule has 0 spiro atoms. The minimum atomic E-state index is -1.55. The number of carbonyl (C=O) groups is 3. The highest BCUT2D eigenvalue weighted by atomic mass is 16.5. The number of aromatic nitrogens is 2. The molecule has 4 N–H and O–H groups in total. The van der Waals surface area contributed by atoms with Gasteiger partial charge < -0.3 is 25.6 Å². The molecule has 2 amide bonds. The van der Waals surface area contributed by atoms with Crippen molar-refractivity contribution in [2.75, 3.05) is 6.61 Å². The second-order valence-electron chi connectivity index (χ2n) is 8.42. The number of amides is 2. The zero-order valence-electron chi connectivity index (χ0n) is 19.2. The Kier molecular flexibility index (Phi) is 6.83. The lowest BCUT2D eigenvalue weighted by molar-refractivity contribution is -0.145. The molecule has 3 aromatic rings. The molecule has 0 fully saturated rings. The summed E-state index contributed by atoms with van der Waals surface area (Å²) >= 11 is 0. The van der Waals surface area contributed by atoms with Crippen molar-refractivity contribution in [1.29, 1.82) is 0 Å². The lowest BCUT2D eigenvalue weighted by atomic mass is 9.98. The summed E-state index contributed by atoms with van der Waals surface area (Å²) in [5, 5.41) is 27.8. The summed E-state index contributed by atoms with van der Waals surface area (Å²) in [7, 11) is 1.64. The monoisotopic (exact) mass is 478 g/mol. The number of aliphatic hydroxyl groups is 1. The molecule has 3 atom stereocenters. The molecule has 35 heavy (non-hydrogen) atoms. The van der Waals surface area contributed by atoms with Gasteiger partial charge in [-0.1, -0.05) is 48.5 Å². The molecule has 1 aliphatic carbocycles. The van der Waals surface area contributed by atoms with Crippen LogP contribution in [0.4, 0.5) is 4.79 Å². The first-order chi connectivity index (χ1) is 16.8. The Morgan fingerprint density at radius 2 is 1.66 bits per heavy atom. The zero-order chi connectivity index (χ0) is 25.1. The fourth-order valence-electron chi connectivity index (χ4n) is 4.27. The normalized spacial score (nSPS) is 14.8. The van der Waals surface area contributed by atoms with Gasteiger partial charge in [-0.2, -0.15) is 5.10 Å². The van der Waals surface area contributed by atoms with Gasteiger partial charge in [-0.05, 0) is 29.2 Å². The molecule has 0 saturated heterocycles. The summed E-state index contributed by atoms with van der Waals surface area (Å²) in [6.45, 7) is 1.30. The first-order valence-electron chi connectivity index (χ1n) is 11.1. The number of hydrogen-bond donors (Lipinski definition) is 4. The number of benzene rings is 2. The van der Waals surface area contributed by atoms with Gasteiger partial charge in [-0.15, -0.1) is 0 Å². The van der Waals surface area contributed by atoms with Gasteiger partial charge in [0.1, 0.15) is 12.6 Å². The Balaban J connectivity index is 1.49. The Morgan fingerprint density at radius 3 is 2.17 bits per heavy atom. The summed E-state index contributed by atoms with van der Waals surface area (Å²) in [6, 6.07) is 13.0. The predicted molar refractivity (Wildman–Crippen MR) is 125 cm³/mol. The Bertz CT molecular complexity index is 1210. The van der Waals surface area contributed by atoms with Crippen molar-refractivity contribution in [2.24, 2.45) is 7.05 Å². The smallest absolute Gasteiger partial charge is 0.408 e. The SMILES string of the molecule is C[C@@H](O)[C@H](NC(=O)C(NC(=O)OCC1c2ccccc2-c2ccccc21)c1cnn(C)c1)C(=O)O. The number of carboxylic acids is 1. The predicted octanol–water partition coefficient (Wildman–Crippen LogP) is 1.95. The fourth-order valence-corrected chi connectivity index (χ4v) is 4.27. The van der Waals surface area contributed by atoms with Gasteiger partial charge in [0.2, 0.25) is 5.91 Å². The Hall–Kier alpha value is -4.18. The van der Waals surface area contributed by atoms with E-state index in [2.05, 4.69) is 15.7 Å². The van der Waals surface area contributed by atoms with Crippen LogP contribution < -0.4 is 10.6 Å². The average molecular weight is 479 g/mol. The van der Waals surface area contributed by atoms with Gasteiger partial charge in [-0.3, -0.25) is 9.48 Å². The van der Waals surface area contributed by atoms with Gasteiger partial charge in [0.15, 0.2) is 6.04 Å². The highest BCUT2D eigenvalue weighted by molar-refractivity contribution is 5.90. The van der Waals surface area contributed by atoms with Crippen molar-refractivity contribution in [3.05, 3.63) is 77.6 Å². The lowest BCUT2D eigenvalue weighted by Crippen LogP contribution is -2.51. The molecule has 0 radical (unpaired) electrons. The molecule has 0 bridgehead atoms.